The topological polar surface area (TPSA) is 18.5 Å². The summed E-state index contributed by atoms with van der Waals surface area (Å²) in [5, 5.41) is 0. The Hall–Kier alpha value is -0.600. The van der Waals surface area contributed by atoms with Gasteiger partial charge in [-0.05, 0) is 55.8 Å². The van der Waals surface area contributed by atoms with E-state index in [4.69, 9.17) is 9.47 Å². The molecule has 24 heavy (non-hydrogen) atoms. The Bertz CT molecular complexity index is 599. The molecule has 132 valence electrons. The summed E-state index contributed by atoms with van der Waals surface area (Å²) < 4.78 is 12.5. The minimum Gasteiger partial charge on any atom is -0.347 e. The molecule has 0 aromatic rings. The SMILES string of the molecule is CC1C=C[C@@]2(C)C(=C1)CCC1C2CC[C@@]2(C)C1CCC21OCCO1. The zero-order valence-corrected chi connectivity index (χ0v) is 15.5. The van der Waals surface area contributed by atoms with Crippen molar-refractivity contribution in [2.45, 2.75) is 65.1 Å². The molecule has 6 atom stereocenters. The van der Waals surface area contributed by atoms with Gasteiger partial charge in [-0.2, -0.15) is 0 Å². The summed E-state index contributed by atoms with van der Waals surface area (Å²) in [7, 11) is 0. The molecule has 5 aliphatic rings. The number of ether oxygens (including phenoxy) is 2. The largest absolute Gasteiger partial charge is 0.347 e. The summed E-state index contributed by atoms with van der Waals surface area (Å²) in [6.07, 6.45) is 15.3. The quantitative estimate of drug-likeness (QED) is 0.576. The second kappa shape index (κ2) is 4.98. The van der Waals surface area contributed by atoms with Gasteiger partial charge in [-0.3, -0.25) is 0 Å². The molecule has 4 unspecified atom stereocenters. The van der Waals surface area contributed by atoms with Gasteiger partial charge in [0.15, 0.2) is 5.79 Å². The van der Waals surface area contributed by atoms with E-state index in [2.05, 4.69) is 39.0 Å². The molecular weight excluding hydrogens is 296 g/mol. The van der Waals surface area contributed by atoms with E-state index in [0.717, 1.165) is 37.4 Å². The van der Waals surface area contributed by atoms with Crippen LogP contribution in [0.25, 0.3) is 0 Å². The summed E-state index contributed by atoms with van der Waals surface area (Å²) in [4.78, 5) is 0. The van der Waals surface area contributed by atoms with E-state index in [9.17, 15) is 0 Å². The van der Waals surface area contributed by atoms with E-state index in [-0.39, 0.29) is 11.2 Å². The number of hydrogen-bond acceptors (Lipinski definition) is 2. The van der Waals surface area contributed by atoms with Crippen molar-refractivity contribution in [3.8, 4) is 0 Å². The maximum Gasteiger partial charge on any atom is 0.174 e. The van der Waals surface area contributed by atoms with Crippen molar-refractivity contribution in [3.05, 3.63) is 23.8 Å². The van der Waals surface area contributed by atoms with Gasteiger partial charge in [0, 0.05) is 17.3 Å². The van der Waals surface area contributed by atoms with Crippen molar-refractivity contribution >= 4 is 0 Å². The molecule has 1 aliphatic heterocycles. The van der Waals surface area contributed by atoms with E-state index in [1.54, 1.807) is 5.57 Å². The van der Waals surface area contributed by atoms with Crippen LogP contribution in [0.5, 0.6) is 0 Å². The highest BCUT2D eigenvalue weighted by Crippen LogP contribution is 2.68. The lowest BCUT2D eigenvalue weighted by molar-refractivity contribution is -0.241. The minimum absolute atomic E-state index is 0.230. The fourth-order valence-electron chi connectivity index (χ4n) is 7.37. The Balaban J connectivity index is 1.50. The van der Waals surface area contributed by atoms with Gasteiger partial charge in [-0.25, -0.2) is 0 Å². The number of rotatable bonds is 0. The first-order valence-electron chi connectivity index (χ1n) is 10.2. The van der Waals surface area contributed by atoms with Crippen molar-refractivity contribution in [2.75, 3.05) is 13.2 Å². The Kier molecular flexibility index (Phi) is 3.24. The minimum atomic E-state index is -0.253. The smallest absolute Gasteiger partial charge is 0.174 e. The normalized spacial score (nSPS) is 51.9. The van der Waals surface area contributed by atoms with Crippen LogP contribution >= 0.6 is 0 Å². The molecule has 0 N–H and O–H groups in total. The second-order valence-corrected chi connectivity index (χ2v) is 9.55. The molecule has 1 saturated heterocycles. The van der Waals surface area contributed by atoms with E-state index < -0.39 is 0 Å². The Morgan fingerprint density at radius 2 is 1.75 bits per heavy atom. The third-order valence-electron chi connectivity index (χ3n) is 8.65. The molecule has 0 radical (unpaired) electrons. The highest BCUT2D eigenvalue weighted by molar-refractivity contribution is 5.33. The van der Waals surface area contributed by atoms with Crippen LogP contribution in [0.2, 0.25) is 0 Å². The highest BCUT2D eigenvalue weighted by Gasteiger charge is 2.66. The van der Waals surface area contributed by atoms with Gasteiger partial charge in [-0.1, -0.05) is 44.6 Å². The standard InChI is InChI=1S/C22H32O2/c1-15-6-9-20(2)16(14-15)4-5-17-18(20)7-10-21(3)19(17)8-11-22(21)23-12-13-24-22/h6,9,14-15,17-19H,4-5,7-8,10-13H2,1-3H3/t15?,17?,18?,19?,20-,21-/m0/s1. The number of hydrogen-bond donors (Lipinski definition) is 0. The molecule has 2 heteroatoms. The van der Waals surface area contributed by atoms with E-state index in [0.29, 0.717) is 11.3 Å². The first kappa shape index (κ1) is 15.6. The molecule has 5 rings (SSSR count). The van der Waals surface area contributed by atoms with Gasteiger partial charge in [-0.15, -0.1) is 0 Å². The fraction of sp³-hybridized carbons (Fsp3) is 0.818. The Labute approximate surface area is 146 Å². The van der Waals surface area contributed by atoms with Crippen molar-refractivity contribution in [1.29, 1.82) is 0 Å². The predicted molar refractivity (Wildman–Crippen MR) is 95.4 cm³/mol. The van der Waals surface area contributed by atoms with Gasteiger partial charge in [0.2, 0.25) is 0 Å². The summed E-state index contributed by atoms with van der Waals surface area (Å²) in [5.74, 6) is 2.80. The van der Waals surface area contributed by atoms with Gasteiger partial charge in [0.05, 0.1) is 13.2 Å². The van der Waals surface area contributed by atoms with Crippen LogP contribution in [0.15, 0.2) is 23.8 Å². The number of allylic oxidation sites excluding steroid dienone is 4. The Morgan fingerprint density at radius 1 is 1.00 bits per heavy atom. The first-order valence-corrected chi connectivity index (χ1v) is 10.2. The molecule has 0 aromatic carbocycles. The van der Waals surface area contributed by atoms with E-state index in [1.807, 2.05) is 0 Å². The lowest BCUT2D eigenvalue weighted by Gasteiger charge is -2.58. The van der Waals surface area contributed by atoms with Crippen LogP contribution in [0.4, 0.5) is 0 Å². The maximum absolute atomic E-state index is 6.25. The van der Waals surface area contributed by atoms with Crippen LogP contribution in [-0.4, -0.2) is 19.0 Å². The number of fused-ring (bicyclic) bond motifs is 6. The third-order valence-corrected chi connectivity index (χ3v) is 8.65. The summed E-state index contributed by atoms with van der Waals surface area (Å²) in [6.45, 7) is 8.92. The van der Waals surface area contributed by atoms with Crippen LogP contribution in [0, 0.1) is 34.5 Å². The molecular formula is C22H32O2. The average molecular weight is 328 g/mol. The molecule has 0 amide bonds. The van der Waals surface area contributed by atoms with Gasteiger partial charge < -0.3 is 9.47 Å². The summed E-state index contributed by atoms with van der Waals surface area (Å²) in [6, 6.07) is 0. The van der Waals surface area contributed by atoms with E-state index in [1.165, 1.54) is 32.1 Å². The lowest BCUT2D eigenvalue weighted by Crippen LogP contribution is -2.54. The third kappa shape index (κ3) is 1.80. The molecule has 1 spiro atoms. The van der Waals surface area contributed by atoms with E-state index >= 15 is 0 Å². The molecule has 2 nitrogen and oxygen atoms in total. The van der Waals surface area contributed by atoms with Gasteiger partial charge >= 0.3 is 0 Å². The van der Waals surface area contributed by atoms with Crippen LogP contribution < -0.4 is 0 Å². The van der Waals surface area contributed by atoms with Crippen molar-refractivity contribution in [2.24, 2.45) is 34.5 Å². The van der Waals surface area contributed by atoms with Crippen LogP contribution in [0.3, 0.4) is 0 Å². The van der Waals surface area contributed by atoms with Crippen molar-refractivity contribution < 1.29 is 9.47 Å². The van der Waals surface area contributed by atoms with Crippen molar-refractivity contribution in [3.63, 3.8) is 0 Å². The lowest BCUT2D eigenvalue weighted by atomic mass is 9.48. The molecule has 0 aromatic heterocycles. The molecule has 1 heterocycles. The average Bonchev–Trinajstić information content (AvgIpc) is 3.15. The Morgan fingerprint density at radius 3 is 2.54 bits per heavy atom. The summed E-state index contributed by atoms with van der Waals surface area (Å²) >= 11 is 0. The predicted octanol–water partition coefficient (Wildman–Crippen LogP) is 5.10. The fourth-order valence-corrected chi connectivity index (χ4v) is 7.37. The maximum atomic E-state index is 6.25. The highest BCUT2D eigenvalue weighted by atomic mass is 16.7. The zero-order valence-electron chi connectivity index (χ0n) is 15.5. The van der Waals surface area contributed by atoms with Gasteiger partial charge in [0.1, 0.15) is 0 Å². The van der Waals surface area contributed by atoms with Crippen LogP contribution in [0.1, 0.15) is 59.3 Å². The molecule has 4 fully saturated rings. The second-order valence-electron chi connectivity index (χ2n) is 9.55. The summed E-state index contributed by atoms with van der Waals surface area (Å²) in [5.41, 5.74) is 2.26. The van der Waals surface area contributed by atoms with Crippen molar-refractivity contribution in [1.82, 2.24) is 0 Å². The first-order chi connectivity index (χ1) is 11.5. The van der Waals surface area contributed by atoms with Gasteiger partial charge in [0.25, 0.3) is 0 Å². The zero-order chi connectivity index (χ0) is 16.6. The molecule has 4 aliphatic carbocycles. The monoisotopic (exact) mass is 328 g/mol. The van der Waals surface area contributed by atoms with Crippen LogP contribution in [-0.2, 0) is 9.47 Å². The molecule has 0 bridgehead atoms. The molecule has 3 saturated carbocycles.